The predicted molar refractivity (Wildman–Crippen MR) is 160 cm³/mol. The van der Waals surface area contributed by atoms with E-state index in [0.717, 1.165) is 44.8 Å². The van der Waals surface area contributed by atoms with E-state index in [0.29, 0.717) is 0 Å². The minimum Gasteiger partial charge on any atom is -0.355 e. The minimum absolute atomic E-state index is 0.915. The van der Waals surface area contributed by atoms with E-state index in [4.69, 9.17) is 0 Å². The Morgan fingerprint density at radius 3 is 1.08 bits per heavy atom. The van der Waals surface area contributed by atoms with Gasteiger partial charge in [-0.15, -0.1) is 0 Å². The molecule has 180 valence electrons. The van der Waals surface area contributed by atoms with Crippen molar-refractivity contribution in [1.82, 2.24) is 19.9 Å². The molecule has 2 aliphatic heterocycles. The monoisotopic (exact) mass is 488 g/mol. The molecule has 0 unspecified atom stereocenters. The summed E-state index contributed by atoms with van der Waals surface area (Å²) in [6, 6.07) is 37.8. The fourth-order valence-electron chi connectivity index (χ4n) is 4.83. The van der Waals surface area contributed by atoms with Gasteiger partial charge in [0.15, 0.2) is 0 Å². The van der Waals surface area contributed by atoms with Crippen LogP contribution in [0.15, 0.2) is 109 Å². The third-order valence-electron chi connectivity index (χ3n) is 6.66. The molecule has 2 N–H and O–H groups in total. The lowest BCUT2D eigenvalue weighted by molar-refractivity contribution is 1.28. The highest BCUT2D eigenvalue weighted by Gasteiger charge is 2.02. The van der Waals surface area contributed by atoms with E-state index in [1.54, 1.807) is 0 Å². The summed E-state index contributed by atoms with van der Waals surface area (Å²) in [6.07, 6.45) is 8.05. The number of fused-ring (bicyclic) bond motifs is 10. The first-order valence-corrected chi connectivity index (χ1v) is 12.7. The number of aromatic nitrogens is 4. The van der Waals surface area contributed by atoms with Crippen molar-refractivity contribution in [3.05, 3.63) is 132 Å². The quantitative estimate of drug-likeness (QED) is 0.210. The fraction of sp³-hybridized carbons (Fsp3) is 0. The lowest BCUT2D eigenvalue weighted by Gasteiger charge is -2.00. The molecule has 3 aromatic carbocycles. The van der Waals surface area contributed by atoms with Crippen molar-refractivity contribution in [2.45, 2.75) is 0 Å². The van der Waals surface area contributed by atoms with Gasteiger partial charge < -0.3 is 9.97 Å². The molecule has 6 aromatic rings. The summed E-state index contributed by atoms with van der Waals surface area (Å²) < 4.78 is 0. The van der Waals surface area contributed by atoms with Gasteiger partial charge in [-0.25, -0.2) is 9.97 Å². The topological polar surface area (TPSA) is 57.4 Å². The van der Waals surface area contributed by atoms with E-state index in [1.807, 2.05) is 42.5 Å². The number of nitrogens with one attached hydrogen (secondary N) is 2. The number of rotatable bonds is 0. The number of nitrogens with zero attached hydrogens (tertiary/aromatic N) is 2. The first-order valence-electron chi connectivity index (χ1n) is 12.7. The van der Waals surface area contributed by atoms with Crippen molar-refractivity contribution in [2.24, 2.45) is 0 Å². The van der Waals surface area contributed by atoms with Crippen molar-refractivity contribution in [3.63, 3.8) is 0 Å². The average molecular weight is 489 g/mol. The van der Waals surface area contributed by atoms with E-state index in [-0.39, 0.29) is 0 Å². The third kappa shape index (κ3) is 4.63. The second-order valence-electron chi connectivity index (χ2n) is 9.45. The van der Waals surface area contributed by atoms with Crippen molar-refractivity contribution in [3.8, 4) is 0 Å². The molecule has 4 heteroatoms. The molecule has 0 spiro atoms. The maximum Gasteiger partial charge on any atom is 0.0659 e. The highest BCUT2D eigenvalue weighted by Crippen LogP contribution is 2.22. The summed E-state index contributed by atoms with van der Waals surface area (Å²) in [4.78, 5) is 16.0. The molecule has 2 aliphatic rings. The number of aromatic amines is 2. The molecule has 8 rings (SSSR count). The lowest BCUT2D eigenvalue weighted by atomic mass is 10.0. The van der Waals surface area contributed by atoms with Crippen molar-refractivity contribution < 1.29 is 0 Å². The first kappa shape index (κ1) is 22.0. The van der Waals surface area contributed by atoms with Gasteiger partial charge in [-0.05, 0) is 107 Å². The van der Waals surface area contributed by atoms with E-state index in [9.17, 15) is 0 Å². The van der Waals surface area contributed by atoms with Crippen molar-refractivity contribution in [1.29, 1.82) is 0 Å². The van der Waals surface area contributed by atoms with Gasteiger partial charge in [0.2, 0.25) is 0 Å². The Hall–Kier alpha value is -5.22. The minimum atomic E-state index is 0.915. The maximum absolute atomic E-state index is 4.62. The number of H-pyrrole nitrogens is 2. The van der Waals surface area contributed by atoms with Crippen LogP contribution in [0.3, 0.4) is 0 Å². The van der Waals surface area contributed by atoms with Gasteiger partial charge in [0.05, 0.1) is 22.8 Å². The second-order valence-corrected chi connectivity index (χ2v) is 9.45. The maximum atomic E-state index is 4.62. The molecule has 0 fully saturated rings. The normalized spacial score (nSPS) is 12.0. The Kier molecular flexibility index (Phi) is 5.41. The summed E-state index contributed by atoms with van der Waals surface area (Å²) in [7, 11) is 0. The Labute approximate surface area is 219 Å². The molecule has 0 radical (unpaired) electrons. The molecular weight excluding hydrogens is 464 g/mol. The third-order valence-corrected chi connectivity index (χ3v) is 6.66. The number of hydrogen-bond donors (Lipinski definition) is 2. The van der Waals surface area contributed by atoms with Crippen LogP contribution in [0.25, 0.3) is 67.9 Å². The summed E-state index contributed by atoms with van der Waals surface area (Å²) in [5.41, 5.74) is 7.86. The van der Waals surface area contributed by atoms with Crippen LogP contribution < -0.4 is 0 Å². The standard InChI is InChI=1S/C20H14N4.C14H10/c1-2-14-10-16-5-6-18(23-16)12-20-8-7-19(24-20)11-17-4-3-15(22-17)9-13(1)21-14;1-2-6-12-10-14-8-4-3-7-13(14)9-11(12)5-1/h1-12,21-22H;1-10H. The zero-order chi connectivity index (χ0) is 25.3. The molecular formula is C34H24N4. The van der Waals surface area contributed by atoms with Gasteiger partial charge in [0.1, 0.15) is 0 Å². The van der Waals surface area contributed by atoms with Gasteiger partial charge in [-0.3, -0.25) is 0 Å². The smallest absolute Gasteiger partial charge is 0.0659 e. The van der Waals surface area contributed by atoms with Crippen LogP contribution in [0, 0.1) is 0 Å². The van der Waals surface area contributed by atoms with Crippen molar-refractivity contribution >= 4 is 67.9 Å². The molecule has 3 aromatic heterocycles. The fourth-order valence-corrected chi connectivity index (χ4v) is 4.83. The molecule has 4 nitrogen and oxygen atoms in total. The van der Waals surface area contributed by atoms with E-state index in [1.165, 1.54) is 21.5 Å². The Balaban J connectivity index is 0.000000147. The van der Waals surface area contributed by atoms with Gasteiger partial charge in [0, 0.05) is 22.1 Å². The van der Waals surface area contributed by atoms with Crippen LogP contribution in [0.4, 0.5) is 0 Å². The molecule has 0 aliphatic carbocycles. The zero-order valence-electron chi connectivity index (χ0n) is 20.6. The van der Waals surface area contributed by atoms with Crippen LogP contribution in [-0.2, 0) is 0 Å². The van der Waals surface area contributed by atoms with E-state index < -0.39 is 0 Å². The Bertz CT molecular complexity index is 1850. The van der Waals surface area contributed by atoms with E-state index in [2.05, 4.69) is 111 Å². The first-order chi connectivity index (χ1) is 18.7. The molecule has 0 atom stereocenters. The van der Waals surface area contributed by atoms with Gasteiger partial charge in [-0.1, -0.05) is 48.5 Å². The van der Waals surface area contributed by atoms with Gasteiger partial charge in [0.25, 0.3) is 0 Å². The molecule has 0 amide bonds. The summed E-state index contributed by atoms with van der Waals surface area (Å²) in [5.74, 6) is 0. The SMILES string of the molecule is C1=Cc2cc3ccc(cc4ccc(cc5nc(cc1n2)C=C5)[nH]4)[nH]3.c1ccc2cc3ccccc3cc2c1. The van der Waals surface area contributed by atoms with E-state index >= 15 is 0 Å². The second kappa shape index (κ2) is 9.34. The Morgan fingerprint density at radius 2 is 0.684 bits per heavy atom. The highest BCUT2D eigenvalue weighted by atomic mass is 14.8. The zero-order valence-corrected chi connectivity index (χ0v) is 20.6. The predicted octanol–water partition coefficient (Wildman–Crippen LogP) is 8.65. The molecule has 38 heavy (non-hydrogen) atoms. The Morgan fingerprint density at radius 1 is 0.342 bits per heavy atom. The van der Waals surface area contributed by atoms with Crippen LogP contribution in [0.5, 0.6) is 0 Å². The van der Waals surface area contributed by atoms with Crippen LogP contribution >= 0.6 is 0 Å². The summed E-state index contributed by atoms with van der Waals surface area (Å²) >= 11 is 0. The highest BCUT2D eigenvalue weighted by molar-refractivity contribution is 5.98. The number of benzene rings is 3. The summed E-state index contributed by atoms with van der Waals surface area (Å²) in [6.45, 7) is 0. The number of hydrogen-bond acceptors (Lipinski definition) is 2. The van der Waals surface area contributed by atoms with Crippen LogP contribution in [0.2, 0.25) is 0 Å². The average Bonchev–Trinajstić information content (AvgIpc) is 3.74. The van der Waals surface area contributed by atoms with Crippen LogP contribution in [0.1, 0.15) is 22.8 Å². The van der Waals surface area contributed by atoms with Crippen molar-refractivity contribution in [2.75, 3.05) is 0 Å². The molecule has 8 bridgehead atoms. The van der Waals surface area contributed by atoms with Gasteiger partial charge in [-0.2, -0.15) is 0 Å². The largest absolute Gasteiger partial charge is 0.355 e. The van der Waals surface area contributed by atoms with Crippen LogP contribution in [-0.4, -0.2) is 19.9 Å². The lowest BCUT2D eigenvalue weighted by Crippen LogP contribution is -1.77. The molecule has 0 saturated heterocycles. The van der Waals surface area contributed by atoms with Gasteiger partial charge >= 0.3 is 0 Å². The summed E-state index contributed by atoms with van der Waals surface area (Å²) in [5, 5.41) is 5.25. The molecule has 5 heterocycles. The molecule has 0 saturated carbocycles.